The minimum Gasteiger partial charge on any atom is -0.333 e. The first-order chi connectivity index (χ1) is 8.24. The zero-order chi connectivity index (χ0) is 12.3. The fourth-order valence-corrected chi connectivity index (χ4v) is 2.08. The Morgan fingerprint density at radius 1 is 1.47 bits per heavy atom. The van der Waals surface area contributed by atoms with Crippen molar-refractivity contribution in [3.63, 3.8) is 0 Å². The Morgan fingerprint density at radius 3 is 3.00 bits per heavy atom. The molecule has 0 bridgehead atoms. The van der Waals surface area contributed by atoms with E-state index in [0.717, 1.165) is 23.4 Å². The minimum atomic E-state index is 0.325. The number of likely N-dealkylation sites (N-methyl/N-ethyl adjacent to an activating group) is 1. The third kappa shape index (κ3) is 2.67. The van der Waals surface area contributed by atoms with Crippen LogP contribution < -0.4 is 5.32 Å². The molecular formula is C10H15N5OS. The smallest absolute Gasteiger partial charge is 0.271 e. The molecule has 92 valence electrons. The maximum atomic E-state index is 5.24. The van der Waals surface area contributed by atoms with Gasteiger partial charge in [-0.1, -0.05) is 16.6 Å². The lowest BCUT2D eigenvalue weighted by atomic mass is 10.2. The van der Waals surface area contributed by atoms with Crippen molar-refractivity contribution in [2.24, 2.45) is 0 Å². The molecule has 0 fully saturated rings. The van der Waals surface area contributed by atoms with Crippen molar-refractivity contribution < 1.29 is 4.52 Å². The summed E-state index contributed by atoms with van der Waals surface area (Å²) in [4.78, 5) is 5.24. The molecule has 0 aliphatic heterocycles. The van der Waals surface area contributed by atoms with Gasteiger partial charge < -0.3 is 9.84 Å². The van der Waals surface area contributed by atoms with Crippen molar-refractivity contribution in [1.82, 2.24) is 25.0 Å². The van der Waals surface area contributed by atoms with Gasteiger partial charge in [-0.2, -0.15) is 4.98 Å². The predicted molar refractivity (Wildman–Crippen MR) is 64.8 cm³/mol. The molecule has 0 aliphatic carbocycles. The lowest BCUT2D eigenvalue weighted by Gasteiger charge is -2.04. The lowest BCUT2D eigenvalue weighted by Crippen LogP contribution is -2.24. The molecule has 2 aromatic rings. The Hall–Kier alpha value is -1.34. The van der Waals surface area contributed by atoms with Crippen LogP contribution in [-0.2, 0) is 12.8 Å². The van der Waals surface area contributed by atoms with Crippen molar-refractivity contribution in [2.45, 2.75) is 32.7 Å². The van der Waals surface area contributed by atoms with Gasteiger partial charge in [0.1, 0.15) is 4.88 Å². The number of aryl methyl sites for hydroxylation is 1. The van der Waals surface area contributed by atoms with E-state index in [-0.39, 0.29) is 0 Å². The van der Waals surface area contributed by atoms with Crippen LogP contribution in [0.15, 0.2) is 4.52 Å². The van der Waals surface area contributed by atoms with E-state index in [0.29, 0.717) is 17.8 Å². The first-order valence-electron chi connectivity index (χ1n) is 5.56. The van der Waals surface area contributed by atoms with Crippen LogP contribution in [0.1, 0.15) is 25.4 Å². The molecule has 2 heterocycles. The zero-order valence-corrected chi connectivity index (χ0v) is 10.9. The van der Waals surface area contributed by atoms with Gasteiger partial charge in [-0.3, -0.25) is 0 Å². The van der Waals surface area contributed by atoms with Crippen molar-refractivity contribution in [3.8, 4) is 10.8 Å². The summed E-state index contributed by atoms with van der Waals surface area (Å²) in [6.07, 6.45) is 1.56. The van der Waals surface area contributed by atoms with Gasteiger partial charge in [-0.15, -0.1) is 5.10 Å². The summed E-state index contributed by atoms with van der Waals surface area (Å²) in [5.74, 6) is 1.23. The first-order valence-corrected chi connectivity index (χ1v) is 6.33. The van der Waals surface area contributed by atoms with Gasteiger partial charge in [0.15, 0.2) is 5.82 Å². The van der Waals surface area contributed by atoms with Gasteiger partial charge in [-0.25, -0.2) is 0 Å². The fourth-order valence-electron chi connectivity index (χ4n) is 1.41. The van der Waals surface area contributed by atoms with Crippen LogP contribution in [0.2, 0.25) is 0 Å². The first kappa shape index (κ1) is 12.1. The molecule has 0 amide bonds. The SMILES string of the molecule is CCc1nnsc1-c1nc(CC(C)NC)no1. The Labute approximate surface area is 104 Å². The molecule has 17 heavy (non-hydrogen) atoms. The van der Waals surface area contributed by atoms with Crippen LogP contribution in [0.25, 0.3) is 10.8 Å². The highest BCUT2D eigenvalue weighted by Gasteiger charge is 2.16. The maximum absolute atomic E-state index is 5.24. The maximum Gasteiger partial charge on any atom is 0.271 e. The van der Waals surface area contributed by atoms with Crippen molar-refractivity contribution in [1.29, 1.82) is 0 Å². The molecular weight excluding hydrogens is 238 g/mol. The molecule has 0 spiro atoms. The number of aromatic nitrogens is 4. The Bertz CT molecular complexity index is 481. The molecule has 1 unspecified atom stereocenters. The van der Waals surface area contributed by atoms with Crippen LogP contribution in [-0.4, -0.2) is 32.8 Å². The number of rotatable bonds is 5. The van der Waals surface area contributed by atoms with E-state index in [2.05, 4.69) is 32.0 Å². The summed E-state index contributed by atoms with van der Waals surface area (Å²) in [5.41, 5.74) is 0.909. The molecule has 7 heteroatoms. The Kier molecular flexibility index (Phi) is 3.80. The zero-order valence-electron chi connectivity index (χ0n) is 10.1. The van der Waals surface area contributed by atoms with Gasteiger partial charge in [0.25, 0.3) is 5.89 Å². The largest absolute Gasteiger partial charge is 0.333 e. The molecule has 0 aromatic carbocycles. The second kappa shape index (κ2) is 5.33. The summed E-state index contributed by atoms with van der Waals surface area (Å²) >= 11 is 1.29. The lowest BCUT2D eigenvalue weighted by molar-refractivity contribution is 0.418. The second-order valence-corrected chi connectivity index (χ2v) is 4.57. The highest BCUT2D eigenvalue weighted by Crippen LogP contribution is 2.24. The molecule has 0 saturated carbocycles. The van der Waals surface area contributed by atoms with E-state index in [1.165, 1.54) is 11.5 Å². The number of nitrogens with one attached hydrogen (secondary N) is 1. The summed E-state index contributed by atoms with van der Waals surface area (Å²) in [6.45, 7) is 4.10. The second-order valence-electron chi connectivity index (χ2n) is 3.81. The van der Waals surface area contributed by atoms with Gasteiger partial charge in [-0.05, 0) is 31.9 Å². The predicted octanol–water partition coefficient (Wildman–Crippen LogP) is 1.30. The normalized spacial score (nSPS) is 12.9. The van der Waals surface area contributed by atoms with E-state index >= 15 is 0 Å². The summed E-state index contributed by atoms with van der Waals surface area (Å²) in [7, 11) is 1.91. The molecule has 1 N–H and O–H groups in total. The van der Waals surface area contributed by atoms with Crippen LogP contribution in [0, 0.1) is 0 Å². The van der Waals surface area contributed by atoms with Crippen LogP contribution in [0.5, 0.6) is 0 Å². The minimum absolute atomic E-state index is 0.325. The fraction of sp³-hybridized carbons (Fsp3) is 0.600. The molecule has 2 aromatic heterocycles. The quantitative estimate of drug-likeness (QED) is 0.865. The third-order valence-corrected chi connectivity index (χ3v) is 3.29. The molecule has 0 saturated heterocycles. The van der Waals surface area contributed by atoms with Gasteiger partial charge in [0, 0.05) is 12.5 Å². The molecule has 6 nitrogen and oxygen atoms in total. The molecule has 1 atom stereocenters. The monoisotopic (exact) mass is 253 g/mol. The topological polar surface area (TPSA) is 76.7 Å². The standard InChI is InChI=1S/C10H15N5OS/c1-4-7-9(17-15-13-7)10-12-8(14-16-10)5-6(2)11-3/h6,11H,4-5H2,1-3H3. The Balaban J connectivity index is 2.18. The Morgan fingerprint density at radius 2 is 2.29 bits per heavy atom. The van der Waals surface area contributed by atoms with Crippen LogP contribution in [0.3, 0.4) is 0 Å². The van der Waals surface area contributed by atoms with E-state index in [1.54, 1.807) is 0 Å². The van der Waals surface area contributed by atoms with E-state index in [1.807, 2.05) is 14.0 Å². The third-order valence-electron chi connectivity index (χ3n) is 2.53. The van der Waals surface area contributed by atoms with E-state index in [9.17, 15) is 0 Å². The average Bonchev–Trinajstić information content (AvgIpc) is 2.95. The summed E-state index contributed by atoms with van der Waals surface area (Å²) in [5, 5.41) is 11.1. The summed E-state index contributed by atoms with van der Waals surface area (Å²) in [6, 6.07) is 0.325. The number of nitrogens with zero attached hydrogens (tertiary/aromatic N) is 4. The highest BCUT2D eigenvalue weighted by molar-refractivity contribution is 7.09. The van der Waals surface area contributed by atoms with Crippen molar-refractivity contribution in [2.75, 3.05) is 7.05 Å². The number of hydrogen-bond acceptors (Lipinski definition) is 7. The van der Waals surface area contributed by atoms with Crippen molar-refractivity contribution >= 4 is 11.5 Å². The summed E-state index contributed by atoms with van der Waals surface area (Å²) < 4.78 is 9.15. The number of hydrogen-bond donors (Lipinski definition) is 1. The van der Waals surface area contributed by atoms with Crippen LogP contribution in [0.4, 0.5) is 0 Å². The molecule has 2 rings (SSSR count). The van der Waals surface area contributed by atoms with Gasteiger partial charge in [0.2, 0.25) is 0 Å². The van der Waals surface area contributed by atoms with Gasteiger partial charge >= 0.3 is 0 Å². The van der Waals surface area contributed by atoms with Crippen LogP contribution >= 0.6 is 11.5 Å². The van der Waals surface area contributed by atoms with E-state index < -0.39 is 0 Å². The molecule has 0 aliphatic rings. The van der Waals surface area contributed by atoms with Crippen molar-refractivity contribution in [3.05, 3.63) is 11.5 Å². The average molecular weight is 253 g/mol. The highest BCUT2D eigenvalue weighted by atomic mass is 32.1. The van der Waals surface area contributed by atoms with Gasteiger partial charge in [0.05, 0.1) is 5.69 Å². The van der Waals surface area contributed by atoms with E-state index in [4.69, 9.17) is 4.52 Å². The molecule has 0 radical (unpaired) electrons.